The van der Waals surface area contributed by atoms with E-state index in [1.165, 1.54) is 7.11 Å². The first-order chi connectivity index (χ1) is 8.19. The molecule has 0 bridgehead atoms. The molecule has 0 spiro atoms. The number of esters is 1. The molecule has 0 amide bonds. The predicted octanol–water partition coefficient (Wildman–Crippen LogP) is 2.69. The molecular weight excluding hydrogens is 302 g/mol. The Hall–Kier alpha value is -0.520. The fraction of sp³-hybridized carbons (Fsp3) is 0.417. The zero-order chi connectivity index (χ0) is 12.7. The molecule has 0 aromatic heterocycles. The summed E-state index contributed by atoms with van der Waals surface area (Å²) >= 11 is 5.28. The quantitative estimate of drug-likeness (QED) is 0.646. The fourth-order valence-electron chi connectivity index (χ4n) is 1.33. The lowest BCUT2D eigenvalue weighted by atomic mass is 10.1. The van der Waals surface area contributed by atoms with Crippen LogP contribution in [0.1, 0.15) is 15.9 Å². The first-order valence-electron chi connectivity index (χ1n) is 5.25. The Kier molecular flexibility index (Phi) is 6.62. The zero-order valence-electron chi connectivity index (χ0n) is 9.96. The van der Waals surface area contributed by atoms with E-state index in [0.29, 0.717) is 5.56 Å². The summed E-state index contributed by atoms with van der Waals surface area (Å²) in [7, 11) is 1.38. The van der Waals surface area contributed by atoms with Gasteiger partial charge in [0.2, 0.25) is 0 Å². The van der Waals surface area contributed by atoms with E-state index in [2.05, 4.69) is 32.2 Å². The van der Waals surface area contributed by atoms with Crippen molar-refractivity contribution in [2.75, 3.05) is 25.7 Å². The third-order valence-corrected chi connectivity index (χ3v) is 3.62. The highest BCUT2D eigenvalue weighted by molar-refractivity contribution is 9.10. The van der Waals surface area contributed by atoms with Crippen LogP contribution in [0.3, 0.4) is 0 Å². The standard InChI is InChI=1S/C12H16BrNO2S/c1-16-12(15)9-3-4-10(11(13)7-9)8-14-5-6-17-2/h3-4,7,14H,5-6,8H2,1-2H3. The first-order valence-corrected chi connectivity index (χ1v) is 7.44. The zero-order valence-corrected chi connectivity index (χ0v) is 12.4. The van der Waals surface area contributed by atoms with Crippen molar-refractivity contribution in [1.29, 1.82) is 0 Å². The molecule has 1 aromatic carbocycles. The highest BCUT2D eigenvalue weighted by Gasteiger charge is 2.07. The molecule has 0 heterocycles. The molecular formula is C12H16BrNO2S. The molecule has 0 atom stereocenters. The number of thioether (sulfide) groups is 1. The lowest BCUT2D eigenvalue weighted by Gasteiger charge is -2.07. The van der Waals surface area contributed by atoms with Gasteiger partial charge in [-0.25, -0.2) is 4.79 Å². The van der Waals surface area contributed by atoms with Crippen molar-refractivity contribution < 1.29 is 9.53 Å². The lowest BCUT2D eigenvalue weighted by Crippen LogP contribution is -2.16. The molecule has 3 nitrogen and oxygen atoms in total. The van der Waals surface area contributed by atoms with Gasteiger partial charge in [0.25, 0.3) is 0 Å². The molecule has 0 unspecified atom stereocenters. The molecule has 1 N–H and O–H groups in total. The number of nitrogens with one attached hydrogen (secondary N) is 1. The van der Waals surface area contributed by atoms with E-state index >= 15 is 0 Å². The van der Waals surface area contributed by atoms with Gasteiger partial charge in [-0.1, -0.05) is 22.0 Å². The van der Waals surface area contributed by atoms with Gasteiger partial charge in [-0.15, -0.1) is 0 Å². The van der Waals surface area contributed by atoms with E-state index in [4.69, 9.17) is 0 Å². The van der Waals surface area contributed by atoms with Crippen LogP contribution in [0, 0.1) is 0 Å². The SMILES string of the molecule is COC(=O)c1ccc(CNCCSC)c(Br)c1. The normalized spacial score (nSPS) is 10.3. The van der Waals surface area contributed by atoms with Crippen molar-refractivity contribution in [2.45, 2.75) is 6.54 Å². The summed E-state index contributed by atoms with van der Waals surface area (Å²) in [6.07, 6.45) is 2.09. The topological polar surface area (TPSA) is 38.3 Å². The number of benzene rings is 1. The number of methoxy groups -OCH3 is 1. The maximum absolute atomic E-state index is 11.3. The van der Waals surface area contributed by atoms with Crippen molar-refractivity contribution in [3.05, 3.63) is 33.8 Å². The van der Waals surface area contributed by atoms with Crippen LogP contribution < -0.4 is 5.32 Å². The predicted molar refractivity (Wildman–Crippen MR) is 75.6 cm³/mol. The molecule has 17 heavy (non-hydrogen) atoms. The highest BCUT2D eigenvalue weighted by Crippen LogP contribution is 2.19. The minimum Gasteiger partial charge on any atom is -0.465 e. The Morgan fingerprint density at radius 1 is 1.53 bits per heavy atom. The Balaban J connectivity index is 2.60. The minimum absolute atomic E-state index is 0.312. The number of carbonyl (C=O) groups is 1. The Bertz CT molecular complexity index is 385. The van der Waals surface area contributed by atoms with Gasteiger partial charge in [0.15, 0.2) is 0 Å². The van der Waals surface area contributed by atoms with Gasteiger partial charge in [0, 0.05) is 23.3 Å². The van der Waals surface area contributed by atoms with Crippen LogP contribution in [0.2, 0.25) is 0 Å². The van der Waals surface area contributed by atoms with Crippen LogP contribution in [0.5, 0.6) is 0 Å². The first kappa shape index (κ1) is 14.5. The molecule has 0 saturated carbocycles. The van der Waals surface area contributed by atoms with Crippen LogP contribution in [0.25, 0.3) is 0 Å². The summed E-state index contributed by atoms with van der Waals surface area (Å²) < 4.78 is 5.59. The second-order valence-electron chi connectivity index (χ2n) is 3.47. The van der Waals surface area contributed by atoms with Crippen molar-refractivity contribution in [1.82, 2.24) is 5.32 Å². The fourth-order valence-corrected chi connectivity index (χ4v) is 2.20. The van der Waals surface area contributed by atoms with Gasteiger partial charge in [0.05, 0.1) is 12.7 Å². The Morgan fingerprint density at radius 2 is 2.29 bits per heavy atom. The van der Waals surface area contributed by atoms with E-state index in [1.54, 1.807) is 12.1 Å². The summed E-state index contributed by atoms with van der Waals surface area (Å²) in [5, 5.41) is 3.34. The van der Waals surface area contributed by atoms with Crippen LogP contribution in [-0.4, -0.2) is 31.6 Å². The van der Waals surface area contributed by atoms with E-state index in [9.17, 15) is 4.79 Å². The molecule has 1 aromatic rings. The summed E-state index contributed by atoms with van der Waals surface area (Å²) in [5.41, 5.74) is 1.70. The molecule has 0 saturated heterocycles. The third-order valence-electron chi connectivity index (χ3n) is 2.27. The molecule has 0 aliphatic rings. The summed E-state index contributed by atoms with van der Waals surface area (Å²) in [4.78, 5) is 11.3. The van der Waals surface area contributed by atoms with Crippen LogP contribution >= 0.6 is 27.7 Å². The molecule has 0 aliphatic heterocycles. The Labute approximate surface area is 114 Å². The Morgan fingerprint density at radius 3 is 2.88 bits per heavy atom. The molecule has 94 valence electrons. The summed E-state index contributed by atoms with van der Waals surface area (Å²) in [6, 6.07) is 5.50. The third kappa shape index (κ3) is 4.69. The molecule has 0 radical (unpaired) electrons. The summed E-state index contributed by atoms with van der Waals surface area (Å²) in [5.74, 6) is 0.783. The average Bonchev–Trinajstić information content (AvgIpc) is 2.35. The van der Waals surface area contributed by atoms with Crippen LogP contribution in [0.15, 0.2) is 22.7 Å². The minimum atomic E-state index is -0.312. The van der Waals surface area contributed by atoms with Gasteiger partial charge < -0.3 is 10.1 Å². The second kappa shape index (κ2) is 7.74. The average molecular weight is 318 g/mol. The number of ether oxygens (including phenoxy) is 1. The van der Waals surface area contributed by atoms with Gasteiger partial charge in [-0.05, 0) is 24.0 Å². The van der Waals surface area contributed by atoms with E-state index in [0.717, 1.165) is 28.9 Å². The van der Waals surface area contributed by atoms with E-state index in [-0.39, 0.29) is 5.97 Å². The van der Waals surface area contributed by atoms with E-state index in [1.807, 2.05) is 17.8 Å². The monoisotopic (exact) mass is 317 g/mol. The smallest absolute Gasteiger partial charge is 0.337 e. The molecule has 5 heteroatoms. The maximum atomic E-state index is 11.3. The molecule has 0 aliphatic carbocycles. The number of halogens is 1. The summed E-state index contributed by atoms with van der Waals surface area (Å²) in [6.45, 7) is 1.77. The second-order valence-corrected chi connectivity index (χ2v) is 5.31. The highest BCUT2D eigenvalue weighted by atomic mass is 79.9. The van der Waals surface area contributed by atoms with Gasteiger partial charge >= 0.3 is 5.97 Å². The van der Waals surface area contributed by atoms with Gasteiger partial charge in [0.1, 0.15) is 0 Å². The van der Waals surface area contributed by atoms with Crippen LogP contribution in [-0.2, 0) is 11.3 Å². The number of hydrogen-bond acceptors (Lipinski definition) is 4. The van der Waals surface area contributed by atoms with Crippen molar-refractivity contribution in [3.8, 4) is 0 Å². The van der Waals surface area contributed by atoms with Crippen LogP contribution in [0.4, 0.5) is 0 Å². The lowest BCUT2D eigenvalue weighted by molar-refractivity contribution is 0.0600. The van der Waals surface area contributed by atoms with Crippen molar-refractivity contribution in [2.24, 2.45) is 0 Å². The van der Waals surface area contributed by atoms with E-state index < -0.39 is 0 Å². The van der Waals surface area contributed by atoms with Crippen molar-refractivity contribution >= 4 is 33.7 Å². The number of rotatable bonds is 6. The maximum Gasteiger partial charge on any atom is 0.337 e. The van der Waals surface area contributed by atoms with Gasteiger partial charge in [-0.2, -0.15) is 11.8 Å². The largest absolute Gasteiger partial charge is 0.465 e. The van der Waals surface area contributed by atoms with Gasteiger partial charge in [-0.3, -0.25) is 0 Å². The number of hydrogen-bond donors (Lipinski definition) is 1. The van der Waals surface area contributed by atoms with Crippen molar-refractivity contribution in [3.63, 3.8) is 0 Å². The molecule has 0 fully saturated rings. The molecule has 1 rings (SSSR count). The number of carbonyl (C=O) groups excluding carboxylic acids is 1.